The van der Waals surface area contributed by atoms with Crippen molar-refractivity contribution in [3.63, 3.8) is 0 Å². The van der Waals surface area contributed by atoms with Gasteiger partial charge in [0.2, 0.25) is 0 Å². The van der Waals surface area contributed by atoms with Gasteiger partial charge in [-0.2, -0.15) is 0 Å². The summed E-state index contributed by atoms with van der Waals surface area (Å²) in [6.45, 7) is 4.49. The van der Waals surface area contributed by atoms with Crippen molar-refractivity contribution in [3.05, 3.63) is 22.8 Å². The molecule has 1 aromatic rings. The third-order valence-corrected chi connectivity index (χ3v) is 5.71. The van der Waals surface area contributed by atoms with Gasteiger partial charge in [0.05, 0.1) is 0 Å². The van der Waals surface area contributed by atoms with E-state index in [0.717, 1.165) is 31.4 Å². The molecule has 1 heterocycles. The molecule has 2 nitrogen and oxygen atoms in total. The van der Waals surface area contributed by atoms with Gasteiger partial charge in [0.1, 0.15) is 17.1 Å². The Hall–Kier alpha value is -1.18. The Morgan fingerprint density at radius 3 is 2.80 bits per heavy atom. The molecule has 4 rings (SSSR count). The molecule has 3 atom stereocenters. The Morgan fingerprint density at radius 1 is 1.30 bits per heavy atom. The second kappa shape index (κ2) is 4.16. The number of aromatic hydroxyl groups is 1. The minimum atomic E-state index is -0.00563. The van der Waals surface area contributed by atoms with Gasteiger partial charge in [0.25, 0.3) is 0 Å². The van der Waals surface area contributed by atoms with Crippen molar-refractivity contribution >= 4 is 0 Å². The molecule has 3 aliphatic rings. The van der Waals surface area contributed by atoms with Gasteiger partial charge in [-0.3, -0.25) is 0 Å². The molecule has 0 spiro atoms. The summed E-state index contributed by atoms with van der Waals surface area (Å²) in [6.07, 6.45) is 8.16. The summed E-state index contributed by atoms with van der Waals surface area (Å²) in [5.41, 5.74) is 3.83. The third kappa shape index (κ3) is 1.63. The summed E-state index contributed by atoms with van der Waals surface area (Å²) in [6, 6.07) is 1.99. The number of rotatable bonds is 2. The van der Waals surface area contributed by atoms with E-state index in [1.165, 1.54) is 36.0 Å². The summed E-state index contributed by atoms with van der Waals surface area (Å²) < 4.78 is 6.50. The highest BCUT2D eigenvalue weighted by Gasteiger charge is 2.44. The normalized spacial score (nSPS) is 33.7. The first kappa shape index (κ1) is 12.6. The van der Waals surface area contributed by atoms with Crippen molar-refractivity contribution in [2.75, 3.05) is 0 Å². The van der Waals surface area contributed by atoms with Gasteiger partial charge in [0.15, 0.2) is 0 Å². The van der Waals surface area contributed by atoms with Crippen LogP contribution in [0.15, 0.2) is 6.07 Å². The predicted octanol–water partition coefficient (Wildman–Crippen LogP) is 4.64. The molecule has 1 saturated carbocycles. The molecule has 2 bridgehead atoms. The van der Waals surface area contributed by atoms with Gasteiger partial charge in [0, 0.05) is 11.1 Å². The van der Waals surface area contributed by atoms with E-state index >= 15 is 0 Å². The molecular weight excluding hydrogens is 248 g/mol. The van der Waals surface area contributed by atoms with E-state index < -0.39 is 0 Å². The van der Waals surface area contributed by atoms with E-state index in [9.17, 15) is 5.11 Å². The number of phenolic OH excluding ortho intramolecular Hbond substituents is 1. The molecule has 108 valence electrons. The molecule has 2 aliphatic carbocycles. The Kier molecular flexibility index (Phi) is 2.61. The Morgan fingerprint density at radius 2 is 2.05 bits per heavy atom. The fraction of sp³-hybridized carbons (Fsp3) is 0.667. The molecule has 0 unspecified atom stereocenters. The fourth-order valence-corrected chi connectivity index (χ4v) is 4.79. The minimum absolute atomic E-state index is 0.00563. The second-order valence-electron chi connectivity index (χ2n) is 7.22. The van der Waals surface area contributed by atoms with Crippen LogP contribution in [0.3, 0.4) is 0 Å². The molecule has 20 heavy (non-hydrogen) atoms. The van der Waals surface area contributed by atoms with E-state index in [2.05, 4.69) is 13.8 Å². The first-order valence-corrected chi connectivity index (χ1v) is 8.19. The molecule has 1 fully saturated rings. The number of aryl methyl sites for hydroxylation is 1. The summed E-state index contributed by atoms with van der Waals surface area (Å²) in [5.74, 6) is 2.91. The summed E-state index contributed by atoms with van der Waals surface area (Å²) >= 11 is 0. The van der Waals surface area contributed by atoms with Crippen molar-refractivity contribution in [2.45, 2.75) is 76.2 Å². The topological polar surface area (TPSA) is 29.5 Å². The predicted molar refractivity (Wildman–Crippen MR) is 79.7 cm³/mol. The molecule has 0 radical (unpaired) electrons. The standard InChI is InChI=1S/C18H24O2/c1-3-7-18(2)8-6-13-10-14(19)15-11-4-5-12(9-11)16(15)17(13)20-18/h10-12,19H,3-9H2,1-2H3/t11-,12+,18+/m0/s1. The van der Waals surface area contributed by atoms with E-state index in [1.807, 2.05) is 6.07 Å². The van der Waals surface area contributed by atoms with Crippen LogP contribution >= 0.6 is 0 Å². The van der Waals surface area contributed by atoms with Crippen molar-refractivity contribution in [2.24, 2.45) is 0 Å². The number of fused-ring (bicyclic) bond motifs is 7. The molecule has 0 amide bonds. The molecular formula is C18H24O2. The van der Waals surface area contributed by atoms with Crippen molar-refractivity contribution in [1.82, 2.24) is 0 Å². The highest BCUT2D eigenvalue weighted by molar-refractivity contribution is 5.60. The maximum Gasteiger partial charge on any atom is 0.127 e. The molecule has 2 heteroatoms. The quantitative estimate of drug-likeness (QED) is 0.849. The highest BCUT2D eigenvalue weighted by Crippen LogP contribution is 2.60. The number of hydrogen-bond donors (Lipinski definition) is 1. The van der Waals surface area contributed by atoms with Crippen LogP contribution in [0.25, 0.3) is 0 Å². The van der Waals surface area contributed by atoms with Crippen LogP contribution in [0.2, 0.25) is 0 Å². The fourth-order valence-electron chi connectivity index (χ4n) is 4.79. The monoisotopic (exact) mass is 272 g/mol. The molecule has 0 aromatic heterocycles. The van der Waals surface area contributed by atoms with Crippen molar-refractivity contribution in [1.29, 1.82) is 0 Å². The van der Waals surface area contributed by atoms with Crippen LogP contribution in [0.1, 0.15) is 80.9 Å². The number of hydrogen-bond acceptors (Lipinski definition) is 2. The van der Waals surface area contributed by atoms with Crippen LogP contribution in [0, 0.1) is 0 Å². The van der Waals surface area contributed by atoms with Gasteiger partial charge in [-0.05, 0) is 68.9 Å². The van der Waals surface area contributed by atoms with Crippen molar-refractivity contribution < 1.29 is 9.84 Å². The van der Waals surface area contributed by atoms with Gasteiger partial charge >= 0.3 is 0 Å². The van der Waals surface area contributed by atoms with E-state index in [-0.39, 0.29) is 5.60 Å². The Balaban J connectivity index is 1.82. The lowest BCUT2D eigenvalue weighted by molar-refractivity contribution is 0.0537. The summed E-state index contributed by atoms with van der Waals surface area (Å²) in [5, 5.41) is 10.4. The van der Waals surface area contributed by atoms with E-state index in [4.69, 9.17) is 4.74 Å². The maximum absolute atomic E-state index is 10.4. The van der Waals surface area contributed by atoms with Gasteiger partial charge in [-0.15, -0.1) is 0 Å². The first-order chi connectivity index (χ1) is 9.61. The van der Waals surface area contributed by atoms with Crippen molar-refractivity contribution in [3.8, 4) is 11.5 Å². The van der Waals surface area contributed by atoms with Gasteiger partial charge in [-0.25, -0.2) is 0 Å². The molecule has 1 N–H and O–H groups in total. The Bertz CT molecular complexity index is 563. The van der Waals surface area contributed by atoms with Crippen LogP contribution in [-0.2, 0) is 6.42 Å². The third-order valence-electron chi connectivity index (χ3n) is 5.71. The number of benzene rings is 1. The number of phenols is 1. The number of ether oxygens (including phenoxy) is 1. The smallest absolute Gasteiger partial charge is 0.127 e. The SMILES string of the molecule is CCC[C@]1(C)CCc2cc(O)c3c(c2O1)[C@@H]1CC[C@H]3C1. The molecule has 1 aromatic carbocycles. The van der Waals surface area contributed by atoms with E-state index in [1.54, 1.807) is 0 Å². The zero-order valence-electron chi connectivity index (χ0n) is 12.5. The second-order valence-corrected chi connectivity index (χ2v) is 7.22. The van der Waals surface area contributed by atoms with Gasteiger partial charge in [-0.1, -0.05) is 13.3 Å². The van der Waals surface area contributed by atoms with Crippen LogP contribution in [-0.4, -0.2) is 10.7 Å². The van der Waals surface area contributed by atoms with Crippen LogP contribution in [0.5, 0.6) is 11.5 Å². The zero-order valence-corrected chi connectivity index (χ0v) is 12.5. The lowest BCUT2D eigenvalue weighted by atomic mass is 9.83. The maximum atomic E-state index is 10.4. The zero-order chi connectivity index (χ0) is 13.9. The Labute approximate surface area is 121 Å². The first-order valence-electron chi connectivity index (χ1n) is 8.19. The minimum Gasteiger partial charge on any atom is -0.508 e. The lowest BCUT2D eigenvalue weighted by Crippen LogP contribution is -2.36. The lowest BCUT2D eigenvalue weighted by Gasteiger charge is -2.38. The molecule has 1 aliphatic heterocycles. The van der Waals surface area contributed by atoms with Crippen LogP contribution in [0.4, 0.5) is 0 Å². The summed E-state index contributed by atoms with van der Waals surface area (Å²) in [7, 11) is 0. The molecule has 0 saturated heterocycles. The van der Waals surface area contributed by atoms with Crippen LogP contribution < -0.4 is 4.74 Å². The van der Waals surface area contributed by atoms with Gasteiger partial charge < -0.3 is 9.84 Å². The average Bonchev–Trinajstić information content (AvgIpc) is 3.01. The van der Waals surface area contributed by atoms with E-state index in [0.29, 0.717) is 17.6 Å². The summed E-state index contributed by atoms with van der Waals surface area (Å²) in [4.78, 5) is 0. The largest absolute Gasteiger partial charge is 0.508 e. The average molecular weight is 272 g/mol. The highest BCUT2D eigenvalue weighted by atomic mass is 16.5.